The summed E-state index contributed by atoms with van der Waals surface area (Å²) in [5.74, 6) is -2.93. The Morgan fingerprint density at radius 2 is 1.61 bits per heavy atom. The Hall–Kier alpha value is -1.44. The normalized spacial score (nSPS) is 10.4. The zero-order valence-corrected chi connectivity index (χ0v) is 11.1. The summed E-state index contributed by atoms with van der Waals surface area (Å²) >= 11 is 1.98. The van der Waals surface area contributed by atoms with Crippen LogP contribution in [0, 0.1) is 21.0 Å². The zero-order chi connectivity index (χ0) is 13.3. The van der Waals surface area contributed by atoms with Gasteiger partial charge in [0.25, 0.3) is 0 Å². The van der Waals surface area contributed by atoms with E-state index in [-0.39, 0.29) is 5.69 Å². The molecular formula is C12H8F3IN2. The third kappa shape index (κ3) is 2.69. The monoisotopic (exact) mass is 364 g/mol. The average Bonchev–Trinajstić information content (AvgIpc) is 2.25. The van der Waals surface area contributed by atoms with Gasteiger partial charge in [-0.1, -0.05) is 0 Å². The first-order chi connectivity index (χ1) is 8.47. The summed E-state index contributed by atoms with van der Waals surface area (Å²) in [5, 5.41) is 2.58. The van der Waals surface area contributed by atoms with E-state index in [9.17, 15) is 13.2 Å². The van der Waals surface area contributed by atoms with Gasteiger partial charge in [-0.2, -0.15) is 0 Å². The van der Waals surface area contributed by atoms with Crippen LogP contribution in [0.15, 0.2) is 30.3 Å². The van der Waals surface area contributed by atoms with Crippen molar-refractivity contribution in [3.05, 3.63) is 51.4 Å². The molecule has 0 bridgehead atoms. The molecule has 0 aliphatic rings. The fourth-order valence-electron chi connectivity index (χ4n) is 1.43. The van der Waals surface area contributed by atoms with Gasteiger partial charge in [-0.3, -0.25) is 0 Å². The number of anilines is 3. The van der Waals surface area contributed by atoms with Crippen LogP contribution in [-0.4, -0.2) is 0 Å². The topological polar surface area (TPSA) is 38.0 Å². The van der Waals surface area contributed by atoms with E-state index in [0.29, 0.717) is 27.1 Å². The van der Waals surface area contributed by atoms with Crippen LogP contribution in [0.5, 0.6) is 0 Å². The lowest BCUT2D eigenvalue weighted by Crippen LogP contribution is -2.00. The maximum Gasteiger partial charge on any atom is 0.152 e. The molecule has 2 aromatic rings. The highest BCUT2D eigenvalue weighted by Crippen LogP contribution is 2.28. The Kier molecular flexibility index (Phi) is 3.65. The van der Waals surface area contributed by atoms with E-state index in [1.807, 2.05) is 22.6 Å². The number of benzene rings is 2. The summed E-state index contributed by atoms with van der Waals surface area (Å²) in [6.45, 7) is 0. The van der Waals surface area contributed by atoms with E-state index in [1.54, 1.807) is 18.2 Å². The van der Waals surface area contributed by atoms with Crippen LogP contribution >= 0.6 is 22.6 Å². The smallest absolute Gasteiger partial charge is 0.152 e. The second-order valence-electron chi connectivity index (χ2n) is 3.61. The first kappa shape index (κ1) is 13.0. The van der Waals surface area contributed by atoms with Crippen LogP contribution in [0.2, 0.25) is 0 Å². The van der Waals surface area contributed by atoms with Gasteiger partial charge in [0, 0.05) is 21.4 Å². The number of halogens is 4. The Bertz CT molecular complexity index is 579. The molecule has 94 valence electrons. The lowest BCUT2D eigenvalue weighted by atomic mass is 10.2. The molecule has 0 radical (unpaired) electrons. The van der Waals surface area contributed by atoms with E-state index >= 15 is 0 Å². The molecule has 6 heteroatoms. The SMILES string of the molecule is Nc1ccc(Nc2c(F)cc(F)cc2F)c(I)c1. The van der Waals surface area contributed by atoms with Crippen molar-refractivity contribution in [2.24, 2.45) is 0 Å². The van der Waals surface area contributed by atoms with Crippen molar-refractivity contribution in [1.29, 1.82) is 0 Å². The lowest BCUT2D eigenvalue weighted by molar-refractivity contribution is 0.549. The molecule has 0 heterocycles. The highest BCUT2D eigenvalue weighted by atomic mass is 127. The molecule has 2 rings (SSSR count). The molecule has 3 N–H and O–H groups in total. The number of nitrogens with one attached hydrogen (secondary N) is 1. The Balaban J connectivity index is 2.40. The van der Waals surface area contributed by atoms with Crippen molar-refractivity contribution in [2.45, 2.75) is 0 Å². The molecule has 0 unspecified atom stereocenters. The predicted molar refractivity (Wildman–Crippen MR) is 73.2 cm³/mol. The fourth-order valence-corrected chi connectivity index (χ4v) is 2.10. The van der Waals surface area contributed by atoms with Crippen molar-refractivity contribution < 1.29 is 13.2 Å². The van der Waals surface area contributed by atoms with Gasteiger partial charge in [-0.25, -0.2) is 13.2 Å². The second-order valence-corrected chi connectivity index (χ2v) is 4.77. The van der Waals surface area contributed by atoms with Crippen LogP contribution in [0.4, 0.5) is 30.2 Å². The standard InChI is InChI=1S/C12H8F3IN2/c13-6-3-8(14)12(9(15)4-6)18-11-2-1-7(17)5-10(11)16/h1-5,18H,17H2. The molecule has 0 fully saturated rings. The largest absolute Gasteiger partial charge is 0.399 e. The van der Waals surface area contributed by atoms with Gasteiger partial charge >= 0.3 is 0 Å². The van der Waals surface area contributed by atoms with Crippen LogP contribution in [0.3, 0.4) is 0 Å². The predicted octanol–water partition coefficient (Wildman–Crippen LogP) is 4.03. The average molecular weight is 364 g/mol. The van der Waals surface area contributed by atoms with Gasteiger partial charge in [-0.05, 0) is 40.8 Å². The molecule has 0 amide bonds. The number of hydrogen-bond acceptors (Lipinski definition) is 2. The number of nitrogen functional groups attached to an aromatic ring is 1. The molecule has 0 spiro atoms. The molecule has 2 nitrogen and oxygen atoms in total. The molecule has 0 saturated carbocycles. The third-order valence-corrected chi connectivity index (χ3v) is 3.15. The first-order valence-corrected chi connectivity index (χ1v) is 6.02. The highest BCUT2D eigenvalue weighted by Gasteiger charge is 2.12. The Labute approximate surface area is 115 Å². The van der Waals surface area contributed by atoms with E-state index in [2.05, 4.69) is 5.32 Å². The van der Waals surface area contributed by atoms with Gasteiger partial charge in [0.05, 0.1) is 5.69 Å². The maximum absolute atomic E-state index is 13.4. The highest BCUT2D eigenvalue weighted by molar-refractivity contribution is 14.1. The van der Waals surface area contributed by atoms with Gasteiger partial charge < -0.3 is 11.1 Å². The van der Waals surface area contributed by atoms with E-state index < -0.39 is 17.5 Å². The molecular weight excluding hydrogens is 356 g/mol. The van der Waals surface area contributed by atoms with Crippen molar-refractivity contribution in [3.63, 3.8) is 0 Å². The van der Waals surface area contributed by atoms with Gasteiger partial charge in [0.15, 0.2) is 11.6 Å². The number of hydrogen-bond donors (Lipinski definition) is 2. The van der Waals surface area contributed by atoms with Gasteiger partial charge in [0.2, 0.25) is 0 Å². The molecule has 0 aliphatic carbocycles. The Morgan fingerprint density at radius 3 is 2.17 bits per heavy atom. The number of rotatable bonds is 2. The minimum atomic E-state index is -0.986. The maximum atomic E-state index is 13.4. The van der Waals surface area contributed by atoms with Crippen molar-refractivity contribution in [1.82, 2.24) is 0 Å². The van der Waals surface area contributed by atoms with Crippen molar-refractivity contribution in [3.8, 4) is 0 Å². The summed E-state index contributed by atoms with van der Waals surface area (Å²) in [6, 6.07) is 6.09. The zero-order valence-electron chi connectivity index (χ0n) is 8.98. The van der Waals surface area contributed by atoms with Crippen molar-refractivity contribution in [2.75, 3.05) is 11.1 Å². The summed E-state index contributed by atoms with van der Waals surface area (Å²) in [7, 11) is 0. The fraction of sp³-hybridized carbons (Fsp3) is 0. The minimum Gasteiger partial charge on any atom is -0.399 e. The summed E-state index contributed by atoms with van der Waals surface area (Å²) in [4.78, 5) is 0. The van der Waals surface area contributed by atoms with Gasteiger partial charge in [-0.15, -0.1) is 0 Å². The second kappa shape index (κ2) is 5.05. The number of nitrogens with two attached hydrogens (primary N) is 1. The third-order valence-electron chi connectivity index (χ3n) is 2.26. The van der Waals surface area contributed by atoms with Crippen LogP contribution in [-0.2, 0) is 0 Å². The molecule has 0 aromatic heterocycles. The Morgan fingerprint density at radius 1 is 1.00 bits per heavy atom. The minimum absolute atomic E-state index is 0.390. The summed E-state index contributed by atoms with van der Waals surface area (Å²) < 4.78 is 40.3. The summed E-state index contributed by atoms with van der Waals surface area (Å²) in [5.41, 5.74) is 6.22. The van der Waals surface area contributed by atoms with Crippen LogP contribution in [0.25, 0.3) is 0 Å². The molecule has 0 saturated heterocycles. The van der Waals surface area contributed by atoms with Crippen LogP contribution in [0.1, 0.15) is 0 Å². The first-order valence-electron chi connectivity index (χ1n) is 4.94. The summed E-state index contributed by atoms with van der Waals surface area (Å²) in [6.07, 6.45) is 0. The lowest BCUT2D eigenvalue weighted by Gasteiger charge is -2.11. The van der Waals surface area contributed by atoms with Gasteiger partial charge in [0.1, 0.15) is 11.5 Å². The van der Waals surface area contributed by atoms with E-state index in [0.717, 1.165) is 0 Å². The molecule has 0 atom stereocenters. The van der Waals surface area contributed by atoms with Crippen LogP contribution < -0.4 is 11.1 Å². The molecule has 2 aromatic carbocycles. The molecule has 18 heavy (non-hydrogen) atoms. The van der Waals surface area contributed by atoms with Crippen molar-refractivity contribution >= 4 is 39.7 Å². The van der Waals surface area contributed by atoms with E-state index in [1.165, 1.54) is 0 Å². The quantitative estimate of drug-likeness (QED) is 0.624. The van der Waals surface area contributed by atoms with E-state index in [4.69, 9.17) is 5.73 Å². The molecule has 0 aliphatic heterocycles.